The zero-order valence-electron chi connectivity index (χ0n) is 11.3. The molecule has 114 valence electrons. The summed E-state index contributed by atoms with van der Waals surface area (Å²) >= 11 is 7.79. The second kappa shape index (κ2) is 8.85. The van der Waals surface area contributed by atoms with E-state index in [2.05, 4.69) is 10.2 Å². The Kier molecular flexibility index (Phi) is 7.84. The van der Waals surface area contributed by atoms with Crippen molar-refractivity contribution in [1.82, 2.24) is 10.2 Å². The van der Waals surface area contributed by atoms with Gasteiger partial charge in [0.15, 0.2) is 0 Å². The number of halogens is 2. The number of carbonyl (C=O) groups excluding carboxylic acids is 1. The lowest BCUT2D eigenvalue weighted by molar-refractivity contribution is -0.126. The predicted octanol–water partition coefficient (Wildman–Crippen LogP) is 2.11. The average Bonchev–Trinajstić information content (AvgIpc) is 2.82. The number of amides is 1. The molecule has 1 fully saturated rings. The third-order valence-electron chi connectivity index (χ3n) is 3.38. The van der Waals surface area contributed by atoms with Gasteiger partial charge in [-0.05, 0) is 30.8 Å². The van der Waals surface area contributed by atoms with Gasteiger partial charge in [-0.2, -0.15) is 0 Å². The molecule has 20 heavy (non-hydrogen) atoms. The molecule has 0 radical (unpaired) electrons. The molecule has 0 aliphatic carbocycles. The molecule has 0 saturated carbocycles. The van der Waals surface area contributed by atoms with E-state index < -0.39 is 0 Å². The van der Waals surface area contributed by atoms with E-state index in [4.69, 9.17) is 17.3 Å². The van der Waals surface area contributed by atoms with Gasteiger partial charge in [-0.15, -0.1) is 23.7 Å². The van der Waals surface area contributed by atoms with E-state index in [9.17, 15) is 4.79 Å². The summed E-state index contributed by atoms with van der Waals surface area (Å²) in [7, 11) is 0. The normalized spacial score (nSPS) is 19.4. The Hall–Kier alpha value is -0.330. The number of nitrogens with zero attached hydrogens (tertiary/aromatic N) is 1. The highest BCUT2D eigenvalue weighted by Gasteiger charge is 2.25. The van der Waals surface area contributed by atoms with Crippen molar-refractivity contribution in [3.05, 3.63) is 21.3 Å². The molecule has 1 amide bonds. The summed E-state index contributed by atoms with van der Waals surface area (Å²) in [6, 6.07) is 1.93. The van der Waals surface area contributed by atoms with E-state index in [-0.39, 0.29) is 24.2 Å². The Labute approximate surface area is 135 Å². The van der Waals surface area contributed by atoms with E-state index in [0.29, 0.717) is 13.1 Å². The van der Waals surface area contributed by atoms with Gasteiger partial charge in [0.25, 0.3) is 0 Å². The number of nitrogens with two attached hydrogens (primary N) is 1. The largest absolute Gasteiger partial charge is 0.355 e. The molecule has 7 heteroatoms. The molecule has 0 bridgehead atoms. The maximum Gasteiger partial charge on any atom is 0.224 e. The molecule has 2 heterocycles. The lowest BCUT2D eigenvalue weighted by Crippen LogP contribution is -2.43. The highest BCUT2D eigenvalue weighted by molar-refractivity contribution is 7.10. The molecule has 0 spiro atoms. The van der Waals surface area contributed by atoms with Crippen LogP contribution < -0.4 is 11.1 Å². The number of carbonyl (C=O) groups is 1. The molecule has 1 unspecified atom stereocenters. The molecule has 1 saturated heterocycles. The molecule has 1 aromatic heterocycles. The summed E-state index contributed by atoms with van der Waals surface area (Å²) in [6.45, 7) is 3.75. The van der Waals surface area contributed by atoms with Crippen molar-refractivity contribution in [3.63, 3.8) is 0 Å². The zero-order valence-corrected chi connectivity index (χ0v) is 13.7. The van der Waals surface area contributed by atoms with Crippen LogP contribution in [-0.4, -0.2) is 37.0 Å². The molecule has 1 aliphatic heterocycles. The molecule has 1 atom stereocenters. The first-order chi connectivity index (χ1) is 9.20. The van der Waals surface area contributed by atoms with Gasteiger partial charge in [0.1, 0.15) is 0 Å². The van der Waals surface area contributed by atoms with Crippen LogP contribution in [0.3, 0.4) is 0 Å². The van der Waals surface area contributed by atoms with Crippen molar-refractivity contribution in [1.29, 1.82) is 0 Å². The van der Waals surface area contributed by atoms with Crippen LogP contribution in [0.15, 0.2) is 11.4 Å². The Bertz CT molecular complexity index is 428. The van der Waals surface area contributed by atoms with Crippen LogP contribution in [0.25, 0.3) is 0 Å². The second-order valence-electron chi connectivity index (χ2n) is 4.85. The fourth-order valence-corrected chi connectivity index (χ4v) is 3.53. The second-order valence-corrected chi connectivity index (χ2v) is 6.25. The molecular weight excluding hydrogens is 317 g/mol. The fourth-order valence-electron chi connectivity index (χ4n) is 2.39. The van der Waals surface area contributed by atoms with E-state index in [1.54, 1.807) is 11.3 Å². The van der Waals surface area contributed by atoms with Gasteiger partial charge in [-0.3, -0.25) is 9.69 Å². The number of nitrogens with one attached hydrogen (secondary N) is 1. The van der Waals surface area contributed by atoms with Crippen molar-refractivity contribution >= 4 is 41.3 Å². The molecule has 0 aromatic carbocycles. The maximum absolute atomic E-state index is 12.0. The number of thiophene rings is 1. The summed E-state index contributed by atoms with van der Waals surface area (Å²) < 4.78 is 0. The molecule has 1 aliphatic rings. The summed E-state index contributed by atoms with van der Waals surface area (Å²) in [4.78, 5) is 15.5. The van der Waals surface area contributed by atoms with Crippen LogP contribution in [0, 0.1) is 5.92 Å². The van der Waals surface area contributed by atoms with Gasteiger partial charge in [0.2, 0.25) is 5.91 Å². The minimum atomic E-state index is 0. The smallest absolute Gasteiger partial charge is 0.224 e. The molecule has 3 N–H and O–H groups in total. The van der Waals surface area contributed by atoms with Gasteiger partial charge >= 0.3 is 0 Å². The standard InChI is InChI=1S/C13H20ClN3OS.ClH/c14-11-3-7-19-12(11)9-17-6-1-2-10(8-17)13(18)16-5-4-15;/h3,7,10H,1-2,4-6,8-9,15H2,(H,16,18);1H. The summed E-state index contributed by atoms with van der Waals surface area (Å²) in [5, 5.41) is 5.72. The number of rotatable bonds is 5. The maximum atomic E-state index is 12.0. The van der Waals surface area contributed by atoms with Crippen LogP contribution >= 0.6 is 35.3 Å². The van der Waals surface area contributed by atoms with Crippen molar-refractivity contribution in [2.75, 3.05) is 26.2 Å². The van der Waals surface area contributed by atoms with Crippen LogP contribution in [0.4, 0.5) is 0 Å². The van der Waals surface area contributed by atoms with Crippen molar-refractivity contribution in [3.8, 4) is 0 Å². The van der Waals surface area contributed by atoms with Gasteiger partial charge in [-0.25, -0.2) is 0 Å². The molecule has 4 nitrogen and oxygen atoms in total. The SMILES string of the molecule is Cl.NCCNC(=O)C1CCCN(Cc2sccc2Cl)C1. The van der Waals surface area contributed by atoms with Gasteiger partial charge in [0, 0.05) is 31.1 Å². The van der Waals surface area contributed by atoms with Crippen molar-refractivity contribution in [2.45, 2.75) is 19.4 Å². The Balaban J connectivity index is 0.00000200. The van der Waals surface area contributed by atoms with E-state index >= 15 is 0 Å². The lowest BCUT2D eigenvalue weighted by atomic mass is 9.97. The van der Waals surface area contributed by atoms with Crippen molar-refractivity contribution < 1.29 is 4.79 Å². The van der Waals surface area contributed by atoms with Gasteiger partial charge < -0.3 is 11.1 Å². The topological polar surface area (TPSA) is 58.4 Å². The Morgan fingerprint density at radius 3 is 3.05 bits per heavy atom. The lowest BCUT2D eigenvalue weighted by Gasteiger charge is -2.31. The molecule has 1 aromatic rings. The Morgan fingerprint density at radius 2 is 2.40 bits per heavy atom. The van der Waals surface area contributed by atoms with Crippen molar-refractivity contribution in [2.24, 2.45) is 11.7 Å². The van der Waals surface area contributed by atoms with E-state index in [1.165, 1.54) is 4.88 Å². The third-order valence-corrected chi connectivity index (χ3v) is 4.75. The molecular formula is C13H21Cl2N3OS. The summed E-state index contributed by atoms with van der Waals surface area (Å²) in [5.74, 6) is 0.214. The third kappa shape index (κ3) is 4.90. The van der Waals surface area contributed by atoms with Crippen LogP contribution in [-0.2, 0) is 11.3 Å². The van der Waals surface area contributed by atoms with E-state index in [1.807, 2.05) is 11.4 Å². The highest BCUT2D eigenvalue weighted by atomic mass is 35.5. The van der Waals surface area contributed by atoms with Gasteiger partial charge in [-0.1, -0.05) is 11.6 Å². The summed E-state index contributed by atoms with van der Waals surface area (Å²) in [6.07, 6.45) is 2.02. The quantitative estimate of drug-likeness (QED) is 0.865. The highest BCUT2D eigenvalue weighted by Crippen LogP contribution is 2.26. The van der Waals surface area contributed by atoms with Crippen LogP contribution in [0.2, 0.25) is 5.02 Å². The fraction of sp³-hybridized carbons (Fsp3) is 0.615. The van der Waals surface area contributed by atoms with E-state index in [0.717, 1.165) is 37.5 Å². The Morgan fingerprint density at radius 1 is 1.60 bits per heavy atom. The first kappa shape index (κ1) is 17.7. The zero-order chi connectivity index (χ0) is 13.7. The number of hydrogen-bond acceptors (Lipinski definition) is 4. The van der Waals surface area contributed by atoms with Crippen LogP contribution in [0.5, 0.6) is 0 Å². The minimum Gasteiger partial charge on any atom is -0.355 e. The van der Waals surface area contributed by atoms with Gasteiger partial charge in [0.05, 0.1) is 10.9 Å². The number of hydrogen-bond donors (Lipinski definition) is 2. The number of piperidine rings is 1. The first-order valence-electron chi connectivity index (χ1n) is 6.62. The average molecular weight is 338 g/mol. The predicted molar refractivity (Wildman–Crippen MR) is 86.6 cm³/mol. The summed E-state index contributed by atoms with van der Waals surface area (Å²) in [5.41, 5.74) is 5.40. The minimum absolute atomic E-state index is 0. The monoisotopic (exact) mass is 337 g/mol. The number of likely N-dealkylation sites (tertiary alicyclic amines) is 1. The first-order valence-corrected chi connectivity index (χ1v) is 7.88. The molecule has 2 rings (SSSR count). The van der Waals surface area contributed by atoms with Crippen LogP contribution in [0.1, 0.15) is 17.7 Å².